The molecule has 1 heterocycles. The van der Waals surface area contributed by atoms with Gasteiger partial charge in [0, 0.05) is 44.3 Å². The molecule has 0 bridgehead atoms. The summed E-state index contributed by atoms with van der Waals surface area (Å²) in [6.07, 6.45) is 0.352. The summed E-state index contributed by atoms with van der Waals surface area (Å²) in [5, 5.41) is 2.73. The average molecular weight is 395 g/mol. The lowest BCUT2D eigenvalue weighted by molar-refractivity contribution is -0.133. The second-order valence-electron chi connectivity index (χ2n) is 5.89. The van der Waals surface area contributed by atoms with Crippen LogP contribution in [0, 0.1) is 5.82 Å². The number of anilines is 1. The molecule has 0 radical (unpaired) electrons. The molecular weight excluding hydrogens is 370 g/mol. The highest BCUT2D eigenvalue weighted by molar-refractivity contribution is 5.92. The van der Waals surface area contributed by atoms with E-state index in [1.165, 1.54) is 24.3 Å². The number of hydrogen-bond donors (Lipinski definition) is 2. The van der Waals surface area contributed by atoms with Gasteiger partial charge in [-0.25, -0.2) is 4.39 Å². The number of amides is 2. The number of nitrogens with zero attached hydrogens (tertiary/aromatic N) is 2. The van der Waals surface area contributed by atoms with Crippen molar-refractivity contribution in [1.82, 2.24) is 9.80 Å². The Kier molecular flexibility index (Phi) is 10.6. The van der Waals surface area contributed by atoms with Gasteiger partial charge in [0.15, 0.2) is 0 Å². The molecule has 1 unspecified atom stereocenters. The molecule has 6 nitrogen and oxygen atoms in total. The molecule has 1 fully saturated rings. The van der Waals surface area contributed by atoms with Gasteiger partial charge in [0.1, 0.15) is 5.82 Å². The number of nitrogens with one attached hydrogen (secondary N) is 1. The molecule has 0 spiro atoms. The van der Waals surface area contributed by atoms with Crippen LogP contribution < -0.4 is 11.1 Å². The Morgan fingerprint density at radius 2 is 1.72 bits per heavy atom. The molecule has 0 aromatic heterocycles. The number of carbonyl (C=O) groups is 2. The van der Waals surface area contributed by atoms with Crippen molar-refractivity contribution in [3.8, 4) is 0 Å². The van der Waals surface area contributed by atoms with Crippen LogP contribution in [0.25, 0.3) is 0 Å². The van der Waals surface area contributed by atoms with Crippen molar-refractivity contribution in [2.75, 3.05) is 38.0 Å². The fourth-order valence-electron chi connectivity index (χ4n) is 2.50. The molecule has 1 aromatic rings. The Morgan fingerprint density at radius 1 is 1.16 bits per heavy atom. The van der Waals surface area contributed by atoms with Crippen LogP contribution >= 0.6 is 24.8 Å². The number of hydrogen-bond acceptors (Lipinski definition) is 4. The minimum absolute atomic E-state index is 0. The lowest BCUT2D eigenvalue weighted by Crippen LogP contribution is -2.51. The molecule has 25 heavy (non-hydrogen) atoms. The number of benzene rings is 1. The van der Waals surface area contributed by atoms with Gasteiger partial charge in [-0.2, -0.15) is 0 Å². The average Bonchev–Trinajstić information content (AvgIpc) is 2.49. The summed E-state index contributed by atoms with van der Waals surface area (Å²) in [6.45, 7) is 4.59. The highest BCUT2D eigenvalue weighted by atomic mass is 35.5. The summed E-state index contributed by atoms with van der Waals surface area (Å²) in [4.78, 5) is 27.7. The van der Waals surface area contributed by atoms with Gasteiger partial charge in [0.05, 0.1) is 6.54 Å². The second-order valence-corrected chi connectivity index (χ2v) is 5.89. The maximum atomic E-state index is 12.8. The smallest absolute Gasteiger partial charge is 0.238 e. The van der Waals surface area contributed by atoms with Crippen LogP contribution in [-0.4, -0.2) is 60.4 Å². The van der Waals surface area contributed by atoms with Gasteiger partial charge in [0.25, 0.3) is 0 Å². The zero-order valence-corrected chi connectivity index (χ0v) is 15.7. The quantitative estimate of drug-likeness (QED) is 0.792. The van der Waals surface area contributed by atoms with Crippen LogP contribution in [0.1, 0.15) is 13.3 Å². The predicted molar refractivity (Wildman–Crippen MR) is 101 cm³/mol. The molecule has 1 saturated heterocycles. The third-order valence-corrected chi connectivity index (χ3v) is 3.72. The topological polar surface area (TPSA) is 78.7 Å². The first-order valence-corrected chi connectivity index (χ1v) is 7.75. The second kappa shape index (κ2) is 11.3. The first-order chi connectivity index (χ1) is 10.9. The third-order valence-electron chi connectivity index (χ3n) is 3.72. The lowest BCUT2D eigenvalue weighted by Gasteiger charge is -2.34. The summed E-state index contributed by atoms with van der Waals surface area (Å²) < 4.78 is 12.8. The summed E-state index contributed by atoms with van der Waals surface area (Å²) in [5.74, 6) is -0.419. The van der Waals surface area contributed by atoms with Gasteiger partial charge in [-0.1, -0.05) is 0 Å². The summed E-state index contributed by atoms with van der Waals surface area (Å²) >= 11 is 0. The first-order valence-electron chi connectivity index (χ1n) is 7.75. The van der Waals surface area contributed by atoms with Crippen LogP contribution in [0.5, 0.6) is 0 Å². The van der Waals surface area contributed by atoms with E-state index in [1.54, 1.807) is 4.90 Å². The van der Waals surface area contributed by atoms with E-state index in [-0.39, 0.29) is 55.0 Å². The minimum Gasteiger partial charge on any atom is -0.340 e. The van der Waals surface area contributed by atoms with E-state index in [1.807, 2.05) is 11.8 Å². The fraction of sp³-hybridized carbons (Fsp3) is 0.500. The molecule has 9 heteroatoms. The number of piperazine rings is 1. The minimum atomic E-state index is -0.337. The number of halogens is 3. The Labute approximate surface area is 159 Å². The van der Waals surface area contributed by atoms with E-state index in [0.29, 0.717) is 38.3 Å². The Balaban J connectivity index is 0.00000288. The van der Waals surface area contributed by atoms with E-state index in [2.05, 4.69) is 5.32 Å². The van der Waals surface area contributed by atoms with Crippen LogP contribution in [0.3, 0.4) is 0 Å². The Morgan fingerprint density at radius 3 is 2.24 bits per heavy atom. The fourth-order valence-corrected chi connectivity index (χ4v) is 2.50. The molecule has 1 aliphatic heterocycles. The van der Waals surface area contributed by atoms with Gasteiger partial charge in [-0.15, -0.1) is 24.8 Å². The molecule has 1 aliphatic rings. The zero-order valence-electron chi connectivity index (χ0n) is 14.1. The SMILES string of the molecule is CC(N)CC(=O)N1CCN(CC(=O)Nc2ccc(F)cc2)CC1.Cl.Cl. The van der Waals surface area contributed by atoms with Gasteiger partial charge in [-0.3, -0.25) is 14.5 Å². The van der Waals surface area contributed by atoms with Crippen molar-refractivity contribution >= 4 is 42.3 Å². The number of carbonyl (C=O) groups excluding carboxylic acids is 2. The van der Waals surface area contributed by atoms with Crippen molar-refractivity contribution in [2.24, 2.45) is 5.73 Å². The third kappa shape index (κ3) is 8.00. The molecule has 0 aliphatic carbocycles. The standard InChI is InChI=1S/C16H23FN4O2.2ClH/c1-12(18)10-16(23)21-8-6-20(7-9-21)11-15(22)19-14-4-2-13(17)3-5-14;;/h2-5,12H,6-11,18H2,1H3,(H,19,22);2*1H. The van der Waals surface area contributed by atoms with E-state index in [9.17, 15) is 14.0 Å². The Bertz CT molecular complexity index is 550. The van der Waals surface area contributed by atoms with E-state index < -0.39 is 0 Å². The molecule has 2 amide bonds. The summed E-state index contributed by atoms with van der Waals surface area (Å²) in [5.41, 5.74) is 6.21. The highest BCUT2D eigenvalue weighted by Crippen LogP contribution is 2.09. The van der Waals surface area contributed by atoms with Crippen molar-refractivity contribution in [3.05, 3.63) is 30.1 Å². The molecule has 0 saturated carbocycles. The van der Waals surface area contributed by atoms with Crippen molar-refractivity contribution < 1.29 is 14.0 Å². The summed E-state index contributed by atoms with van der Waals surface area (Å²) in [6, 6.07) is 5.52. The zero-order chi connectivity index (χ0) is 16.8. The number of rotatable bonds is 5. The number of nitrogens with two attached hydrogens (primary N) is 1. The molecular formula is C16H25Cl2FN4O2. The largest absolute Gasteiger partial charge is 0.340 e. The van der Waals surface area contributed by atoms with E-state index >= 15 is 0 Å². The van der Waals surface area contributed by atoms with Gasteiger partial charge < -0.3 is 16.0 Å². The predicted octanol–water partition coefficient (Wildman–Crippen LogP) is 1.49. The molecule has 1 atom stereocenters. The van der Waals surface area contributed by atoms with Crippen molar-refractivity contribution in [3.63, 3.8) is 0 Å². The van der Waals surface area contributed by atoms with Crippen LogP contribution in [-0.2, 0) is 9.59 Å². The van der Waals surface area contributed by atoms with Gasteiger partial charge in [-0.05, 0) is 31.2 Å². The highest BCUT2D eigenvalue weighted by Gasteiger charge is 2.22. The summed E-state index contributed by atoms with van der Waals surface area (Å²) in [7, 11) is 0. The lowest BCUT2D eigenvalue weighted by atomic mass is 10.2. The van der Waals surface area contributed by atoms with Crippen molar-refractivity contribution in [1.29, 1.82) is 0 Å². The Hall–Kier alpha value is -1.41. The molecule has 2 rings (SSSR count). The molecule has 1 aromatic carbocycles. The van der Waals surface area contributed by atoms with Crippen LogP contribution in [0.2, 0.25) is 0 Å². The monoisotopic (exact) mass is 394 g/mol. The van der Waals surface area contributed by atoms with E-state index in [4.69, 9.17) is 5.73 Å². The molecule has 142 valence electrons. The first kappa shape index (κ1) is 23.6. The van der Waals surface area contributed by atoms with Crippen LogP contribution in [0.4, 0.5) is 10.1 Å². The molecule has 3 N–H and O–H groups in total. The maximum absolute atomic E-state index is 12.8. The maximum Gasteiger partial charge on any atom is 0.238 e. The van der Waals surface area contributed by atoms with E-state index in [0.717, 1.165) is 0 Å². The van der Waals surface area contributed by atoms with Crippen LogP contribution in [0.15, 0.2) is 24.3 Å². The normalized spacial score (nSPS) is 15.6. The van der Waals surface area contributed by atoms with Crippen molar-refractivity contribution in [2.45, 2.75) is 19.4 Å². The van der Waals surface area contributed by atoms with Gasteiger partial charge >= 0.3 is 0 Å². The van der Waals surface area contributed by atoms with Gasteiger partial charge in [0.2, 0.25) is 11.8 Å².